The lowest BCUT2D eigenvalue weighted by Crippen LogP contribution is -2.18. The maximum atomic E-state index is 12.3. The highest BCUT2D eigenvalue weighted by molar-refractivity contribution is 7.89. The zero-order valence-electron chi connectivity index (χ0n) is 16.9. The third-order valence-corrected chi connectivity index (χ3v) is 5.37. The van der Waals surface area contributed by atoms with Crippen molar-refractivity contribution in [1.82, 2.24) is 4.83 Å². The zero-order chi connectivity index (χ0) is 22.3. The van der Waals surface area contributed by atoms with E-state index in [9.17, 15) is 13.2 Å². The van der Waals surface area contributed by atoms with Gasteiger partial charge in [0.05, 0.1) is 18.2 Å². The van der Waals surface area contributed by atoms with Gasteiger partial charge in [-0.05, 0) is 55.0 Å². The molecule has 0 spiro atoms. The van der Waals surface area contributed by atoms with Crippen LogP contribution in [0, 0.1) is 6.92 Å². The van der Waals surface area contributed by atoms with E-state index in [2.05, 4.69) is 15.2 Å². The van der Waals surface area contributed by atoms with Gasteiger partial charge in [0.1, 0.15) is 0 Å². The van der Waals surface area contributed by atoms with Gasteiger partial charge in [-0.15, -0.1) is 0 Å². The number of nitrogens with zero attached hydrogens (tertiary/aromatic N) is 1. The molecule has 0 bridgehead atoms. The molecular formula is C22H21N3O5S. The molecule has 0 aliphatic carbocycles. The second-order valence-corrected chi connectivity index (χ2v) is 8.12. The van der Waals surface area contributed by atoms with E-state index in [0.29, 0.717) is 11.3 Å². The van der Waals surface area contributed by atoms with Crippen LogP contribution in [0.3, 0.4) is 0 Å². The maximum absolute atomic E-state index is 12.3. The molecule has 0 aromatic heterocycles. The molecule has 3 aromatic carbocycles. The first kappa shape index (κ1) is 21.8. The van der Waals surface area contributed by atoms with E-state index >= 15 is 0 Å². The first-order valence-corrected chi connectivity index (χ1v) is 10.7. The Balaban J connectivity index is 1.66. The minimum atomic E-state index is -3.77. The number of amides is 1. The molecule has 0 unspecified atom stereocenters. The highest BCUT2D eigenvalue weighted by Crippen LogP contribution is 2.28. The van der Waals surface area contributed by atoms with E-state index in [0.717, 1.165) is 5.56 Å². The summed E-state index contributed by atoms with van der Waals surface area (Å²) in [6.07, 6.45) is 0.652. The van der Waals surface area contributed by atoms with Gasteiger partial charge < -0.3 is 9.47 Å². The van der Waals surface area contributed by atoms with E-state index in [1.165, 1.54) is 31.5 Å². The van der Waals surface area contributed by atoms with Gasteiger partial charge in [0.25, 0.3) is 10.0 Å². The predicted octanol–water partition coefficient (Wildman–Crippen LogP) is 3.93. The van der Waals surface area contributed by atoms with Crippen molar-refractivity contribution >= 4 is 28.0 Å². The number of carbonyl (C=O) groups excluding carboxylic acids is 1. The molecule has 31 heavy (non-hydrogen) atoms. The van der Waals surface area contributed by atoms with E-state index < -0.39 is 16.1 Å². The number of nitrogens with one attached hydrogen (secondary N) is 2. The first-order valence-electron chi connectivity index (χ1n) is 9.21. The van der Waals surface area contributed by atoms with Crippen LogP contribution in [0.25, 0.3) is 0 Å². The minimum Gasteiger partial charge on any atom is -0.493 e. The summed E-state index contributed by atoms with van der Waals surface area (Å²) in [6, 6.07) is 20.0. The molecule has 8 nitrogen and oxygen atoms in total. The van der Waals surface area contributed by atoms with Gasteiger partial charge in [0, 0.05) is 5.69 Å². The van der Waals surface area contributed by atoms with Crippen LogP contribution in [0.1, 0.15) is 11.1 Å². The summed E-state index contributed by atoms with van der Waals surface area (Å²) in [6.45, 7) is 1.87. The fourth-order valence-corrected chi connectivity index (χ4v) is 3.35. The largest absolute Gasteiger partial charge is 0.493 e. The maximum Gasteiger partial charge on any atom is 0.417 e. The van der Waals surface area contributed by atoms with Gasteiger partial charge in [-0.1, -0.05) is 35.9 Å². The lowest BCUT2D eigenvalue weighted by molar-refractivity contribution is 0.213. The number of rotatable bonds is 7. The van der Waals surface area contributed by atoms with Crippen LogP contribution < -0.4 is 19.6 Å². The molecule has 0 atom stereocenters. The molecule has 2 N–H and O–H groups in total. The van der Waals surface area contributed by atoms with Gasteiger partial charge in [-0.25, -0.2) is 9.63 Å². The summed E-state index contributed by atoms with van der Waals surface area (Å²) in [5.41, 5.74) is 2.09. The van der Waals surface area contributed by atoms with Gasteiger partial charge in [0.15, 0.2) is 11.5 Å². The summed E-state index contributed by atoms with van der Waals surface area (Å²) in [7, 11) is -2.34. The van der Waals surface area contributed by atoms with Crippen LogP contribution >= 0.6 is 0 Å². The average Bonchev–Trinajstić information content (AvgIpc) is 2.75. The Labute approximate surface area is 180 Å². The highest BCUT2D eigenvalue weighted by Gasteiger charge is 2.13. The molecule has 0 aliphatic rings. The highest BCUT2D eigenvalue weighted by atomic mass is 32.2. The number of benzene rings is 3. The molecule has 0 saturated carbocycles. The molecular weight excluding hydrogens is 418 g/mol. The van der Waals surface area contributed by atoms with Crippen molar-refractivity contribution in [1.29, 1.82) is 0 Å². The van der Waals surface area contributed by atoms with E-state index in [1.807, 2.05) is 13.0 Å². The first-order chi connectivity index (χ1) is 14.9. The topological polar surface area (TPSA) is 106 Å². The molecule has 3 rings (SSSR count). The van der Waals surface area contributed by atoms with Crippen LogP contribution in [0.4, 0.5) is 10.5 Å². The Morgan fingerprint density at radius 1 is 0.968 bits per heavy atom. The molecule has 1 amide bonds. The molecule has 0 fully saturated rings. The number of hydrogen-bond donors (Lipinski definition) is 2. The Morgan fingerprint density at radius 3 is 2.35 bits per heavy atom. The summed E-state index contributed by atoms with van der Waals surface area (Å²) < 4.78 is 35.1. The summed E-state index contributed by atoms with van der Waals surface area (Å²) in [5, 5.41) is 6.40. The number of methoxy groups -OCH3 is 1. The van der Waals surface area contributed by atoms with Crippen LogP contribution in [-0.2, 0) is 10.0 Å². The van der Waals surface area contributed by atoms with Crippen molar-refractivity contribution in [3.63, 3.8) is 0 Å². The van der Waals surface area contributed by atoms with Crippen molar-refractivity contribution < 1.29 is 22.7 Å². The fraction of sp³-hybridized carbons (Fsp3) is 0.0909. The van der Waals surface area contributed by atoms with Crippen molar-refractivity contribution in [3.8, 4) is 11.5 Å². The van der Waals surface area contributed by atoms with Gasteiger partial charge in [-0.3, -0.25) is 5.32 Å². The van der Waals surface area contributed by atoms with Crippen LogP contribution in [-0.4, -0.2) is 27.8 Å². The second-order valence-electron chi connectivity index (χ2n) is 6.46. The third-order valence-electron chi connectivity index (χ3n) is 4.13. The van der Waals surface area contributed by atoms with Crippen molar-refractivity contribution in [3.05, 3.63) is 83.9 Å². The SMILES string of the molecule is COc1cc(/C=N\NS(=O)(=O)c2ccc(C)cc2)ccc1OC(=O)Nc1ccccc1. The van der Waals surface area contributed by atoms with E-state index in [-0.39, 0.29) is 16.4 Å². The molecule has 0 radical (unpaired) electrons. The normalized spacial score (nSPS) is 11.2. The number of hydrogen-bond acceptors (Lipinski definition) is 6. The number of carbonyl (C=O) groups is 1. The number of aryl methyl sites for hydroxylation is 1. The summed E-state index contributed by atoms with van der Waals surface area (Å²) in [4.78, 5) is 14.4. The number of para-hydroxylation sites is 1. The molecule has 0 heterocycles. The predicted molar refractivity (Wildman–Crippen MR) is 118 cm³/mol. The van der Waals surface area contributed by atoms with Gasteiger partial charge >= 0.3 is 6.09 Å². The van der Waals surface area contributed by atoms with Gasteiger partial charge in [0.2, 0.25) is 0 Å². The average molecular weight is 439 g/mol. The van der Waals surface area contributed by atoms with E-state index in [1.54, 1.807) is 48.5 Å². The number of ether oxygens (including phenoxy) is 2. The standard InChI is InChI=1S/C22H21N3O5S/c1-16-8-11-19(12-9-16)31(27,28)25-23-15-17-10-13-20(21(14-17)29-2)30-22(26)24-18-6-4-3-5-7-18/h3-15,25H,1-2H3,(H,24,26)/b23-15-. The molecule has 0 saturated heterocycles. The smallest absolute Gasteiger partial charge is 0.417 e. The van der Waals surface area contributed by atoms with E-state index in [4.69, 9.17) is 9.47 Å². The minimum absolute atomic E-state index is 0.112. The Kier molecular flexibility index (Phi) is 6.88. The number of sulfonamides is 1. The summed E-state index contributed by atoms with van der Waals surface area (Å²) in [5.74, 6) is 0.488. The molecule has 9 heteroatoms. The Morgan fingerprint density at radius 2 is 1.68 bits per heavy atom. The van der Waals surface area contributed by atoms with Crippen LogP contribution in [0.2, 0.25) is 0 Å². The fourth-order valence-electron chi connectivity index (χ4n) is 2.55. The molecule has 3 aromatic rings. The van der Waals surface area contributed by atoms with Crippen LogP contribution in [0.15, 0.2) is 82.8 Å². The summed E-state index contributed by atoms with van der Waals surface area (Å²) >= 11 is 0. The zero-order valence-corrected chi connectivity index (χ0v) is 17.7. The quantitative estimate of drug-likeness (QED) is 0.429. The van der Waals surface area contributed by atoms with Crippen LogP contribution in [0.5, 0.6) is 11.5 Å². The second kappa shape index (κ2) is 9.77. The third kappa shape index (κ3) is 6.06. The van der Waals surface area contributed by atoms with Crippen molar-refractivity contribution in [2.75, 3.05) is 12.4 Å². The molecule has 0 aliphatic heterocycles. The lowest BCUT2D eigenvalue weighted by atomic mass is 10.2. The Hall–Kier alpha value is -3.85. The lowest BCUT2D eigenvalue weighted by Gasteiger charge is -2.10. The Bertz CT molecular complexity index is 1180. The molecule has 160 valence electrons. The number of hydrazone groups is 1. The number of anilines is 1. The van der Waals surface area contributed by atoms with Gasteiger partial charge in [-0.2, -0.15) is 13.5 Å². The van der Waals surface area contributed by atoms with Crippen molar-refractivity contribution in [2.45, 2.75) is 11.8 Å². The van der Waals surface area contributed by atoms with Crippen molar-refractivity contribution in [2.24, 2.45) is 5.10 Å². The monoisotopic (exact) mass is 439 g/mol.